The van der Waals surface area contributed by atoms with Crippen molar-refractivity contribution in [3.8, 4) is 11.5 Å². The van der Waals surface area contributed by atoms with E-state index in [4.69, 9.17) is 4.74 Å². The highest BCUT2D eigenvalue weighted by Crippen LogP contribution is 2.44. The van der Waals surface area contributed by atoms with Gasteiger partial charge in [-0.1, -0.05) is 46.3 Å². The van der Waals surface area contributed by atoms with Crippen LogP contribution in [0.2, 0.25) is 0 Å². The summed E-state index contributed by atoms with van der Waals surface area (Å²) in [4.78, 5) is 23.8. The Morgan fingerprint density at radius 1 is 1.08 bits per heavy atom. The molecule has 0 spiro atoms. The van der Waals surface area contributed by atoms with Gasteiger partial charge in [0, 0.05) is 29.1 Å². The zero-order valence-corrected chi connectivity index (χ0v) is 21.4. The quantitative estimate of drug-likeness (QED) is 0.178. The standard InChI is InChI=1S/C26H19BrF3N5O4/c27-16-8-6-15(7-9-16)21-13-23(26(28,29)30)34-24(32-21)14-22(33-34)25(36)31-17-10-18(35(37)38)12-20(11-17)39-19-4-2-1-3-5-19/h1-12,14,21,23,32H,13H2,(H,31,36)/t21-,23+/m1/s1. The van der Waals surface area contributed by atoms with Crippen LogP contribution in [0.5, 0.6) is 11.5 Å². The van der Waals surface area contributed by atoms with Gasteiger partial charge in [0.1, 0.15) is 17.3 Å². The summed E-state index contributed by atoms with van der Waals surface area (Å²) < 4.78 is 49.2. The number of rotatable bonds is 6. The molecule has 0 saturated carbocycles. The molecule has 1 aromatic heterocycles. The fourth-order valence-corrected chi connectivity index (χ4v) is 4.50. The molecule has 0 unspecified atom stereocenters. The molecular weight excluding hydrogens is 583 g/mol. The van der Waals surface area contributed by atoms with E-state index in [1.165, 1.54) is 18.2 Å². The second kappa shape index (κ2) is 10.4. The second-order valence-corrected chi connectivity index (χ2v) is 9.66. The third-order valence-corrected chi connectivity index (χ3v) is 6.56. The first-order valence-electron chi connectivity index (χ1n) is 11.6. The largest absolute Gasteiger partial charge is 0.457 e. The molecule has 39 heavy (non-hydrogen) atoms. The lowest BCUT2D eigenvalue weighted by Crippen LogP contribution is -2.35. The molecule has 3 aromatic carbocycles. The predicted molar refractivity (Wildman–Crippen MR) is 140 cm³/mol. The molecule has 4 aromatic rings. The third-order valence-electron chi connectivity index (χ3n) is 6.03. The minimum absolute atomic E-state index is 0.0131. The number of nitrogens with zero attached hydrogens (tertiary/aromatic N) is 3. The summed E-state index contributed by atoms with van der Waals surface area (Å²) in [5.74, 6) is -0.313. The van der Waals surface area contributed by atoms with E-state index in [2.05, 4.69) is 31.7 Å². The van der Waals surface area contributed by atoms with E-state index in [0.717, 1.165) is 15.2 Å². The van der Waals surface area contributed by atoms with Crippen LogP contribution in [-0.2, 0) is 0 Å². The molecule has 200 valence electrons. The maximum atomic E-state index is 14.0. The maximum absolute atomic E-state index is 14.0. The molecule has 0 aliphatic carbocycles. The molecule has 1 aliphatic rings. The van der Waals surface area contributed by atoms with Gasteiger partial charge in [-0.25, -0.2) is 4.68 Å². The Hall–Kier alpha value is -4.39. The van der Waals surface area contributed by atoms with Crippen LogP contribution in [0.4, 0.5) is 30.4 Å². The summed E-state index contributed by atoms with van der Waals surface area (Å²) >= 11 is 3.31. The van der Waals surface area contributed by atoms with Crippen LogP contribution < -0.4 is 15.4 Å². The lowest BCUT2D eigenvalue weighted by molar-refractivity contribution is -0.384. The number of nitrogens with one attached hydrogen (secondary N) is 2. The number of hydrogen-bond donors (Lipinski definition) is 2. The maximum Gasteiger partial charge on any atom is 0.410 e. The monoisotopic (exact) mass is 601 g/mol. The number of non-ortho nitro benzene ring substituents is 1. The van der Waals surface area contributed by atoms with Crippen LogP contribution in [0, 0.1) is 10.1 Å². The van der Waals surface area contributed by atoms with Gasteiger partial charge in [0.05, 0.1) is 22.7 Å². The van der Waals surface area contributed by atoms with Gasteiger partial charge in [-0.15, -0.1) is 0 Å². The van der Waals surface area contributed by atoms with E-state index in [1.807, 2.05) is 0 Å². The molecule has 2 heterocycles. The lowest BCUT2D eigenvalue weighted by atomic mass is 9.97. The number of alkyl halides is 3. The Morgan fingerprint density at radius 3 is 2.46 bits per heavy atom. The Labute approximate surface area is 227 Å². The Morgan fingerprint density at radius 2 is 1.79 bits per heavy atom. The van der Waals surface area contributed by atoms with Crippen molar-refractivity contribution >= 4 is 39.0 Å². The number of aromatic nitrogens is 2. The normalized spacial score (nSPS) is 16.6. The molecule has 0 fully saturated rings. The van der Waals surface area contributed by atoms with Crippen molar-refractivity contribution in [2.24, 2.45) is 0 Å². The van der Waals surface area contributed by atoms with Crippen molar-refractivity contribution in [1.82, 2.24) is 9.78 Å². The molecule has 2 N–H and O–H groups in total. The van der Waals surface area contributed by atoms with Crippen LogP contribution in [0.15, 0.2) is 83.3 Å². The van der Waals surface area contributed by atoms with E-state index in [9.17, 15) is 28.1 Å². The smallest absolute Gasteiger partial charge is 0.410 e. The van der Waals surface area contributed by atoms with Gasteiger partial charge in [0.25, 0.3) is 11.6 Å². The summed E-state index contributed by atoms with van der Waals surface area (Å²) in [5.41, 5.74) is 0.0202. The number of carbonyl (C=O) groups is 1. The zero-order valence-electron chi connectivity index (χ0n) is 19.9. The molecule has 9 nitrogen and oxygen atoms in total. The van der Waals surface area contributed by atoms with Gasteiger partial charge in [-0.05, 0) is 29.8 Å². The molecule has 2 atom stereocenters. The molecule has 1 amide bonds. The molecule has 0 radical (unpaired) electrons. The molecule has 1 aliphatic heterocycles. The number of nitro groups is 1. The second-order valence-electron chi connectivity index (χ2n) is 8.74. The van der Waals surface area contributed by atoms with Crippen LogP contribution in [-0.4, -0.2) is 26.8 Å². The number of halogens is 4. The number of hydrogen-bond acceptors (Lipinski definition) is 6. The highest BCUT2D eigenvalue weighted by atomic mass is 79.9. The number of carbonyl (C=O) groups excluding carboxylic acids is 1. The van der Waals surface area contributed by atoms with Gasteiger partial charge in [0.15, 0.2) is 11.7 Å². The van der Waals surface area contributed by atoms with Crippen molar-refractivity contribution in [1.29, 1.82) is 0 Å². The highest BCUT2D eigenvalue weighted by molar-refractivity contribution is 9.10. The zero-order chi connectivity index (χ0) is 27.7. The number of para-hydroxylation sites is 1. The number of ether oxygens (including phenoxy) is 1. The number of nitro benzene ring substituents is 1. The minimum atomic E-state index is -4.62. The summed E-state index contributed by atoms with van der Waals surface area (Å²) in [6, 6.07) is 17.7. The van der Waals surface area contributed by atoms with Crippen molar-refractivity contribution in [2.75, 3.05) is 10.6 Å². The van der Waals surface area contributed by atoms with E-state index in [0.29, 0.717) is 11.3 Å². The number of fused-ring (bicyclic) bond motifs is 1. The van der Waals surface area contributed by atoms with Gasteiger partial charge in [-0.2, -0.15) is 18.3 Å². The van der Waals surface area contributed by atoms with Gasteiger partial charge in [-0.3, -0.25) is 14.9 Å². The average Bonchev–Trinajstić information content (AvgIpc) is 3.33. The summed E-state index contributed by atoms with van der Waals surface area (Å²) in [7, 11) is 0. The van der Waals surface area contributed by atoms with Crippen LogP contribution in [0.25, 0.3) is 0 Å². The van der Waals surface area contributed by atoms with Crippen LogP contribution in [0.1, 0.15) is 34.6 Å². The van der Waals surface area contributed by atoms with Crippen molar-refractivity contribution in [3.05, 3.63) is 105 Å². The van der Waals surface area contributed by atoms with E-state index < -0.39 is 29.1 Å². The topological polar surface area (TPSA) is 111 Å². The first-order valence-corrected chi connectivity index (χ1v) is 12.4. The van der Waals surface area contributed by atoms with Crippen LogP contribution >= 0.6 is 15.9 Å². The first kappa shape index (κ1) is 26.2. The number of anilines is 2. The Kier molecular flexibility index (Phi) is 7.00. The fourth-order valence-electron chi connectivity index (χ4n) is 4.24. The van der Waals surface area contributed by atoms with Gasteiger partial charge in [0.2, 0.25) is 0 Å². The highest BCUT2D eigenvalue weighted by Gasteiger charge is 2.46. The van der Waals surface area contributed by atoms with Crippen LogP contribution in [0.3, 0.4) is 0 Å². The van der Waals surface area contributed by atoms with E-state index in [-0.39, 0.29) is 35.1 Å². The SMILES string of the molecule is O=C(Nc1cc(Oc2ccccc2)cc([N+](=O)[O-])c1)c1cc2n(n1)[C@H](C(F)(F)F)C[C@H](c1ccc(Br)cc1)N2. The van der Waals surface area contributed by atoms with E-state index in [1.54, 1.807) is 54.6 Å². The fraction of sp³-hybridized carbons (Fsp3) is 0.154. The number of amides is 1. The minimum Gasteiger partial charge on any atom is -0.457 e. The van der Waals surface area contributed by atoms with Gasteiger partial charge < -0.3 is 15.4 Å². The predicted octanol–water partition coefficient (Wildman–Crippen LogP) is 7.26. The third kappa shape index (κ3) is 5.87. The van der Waals surface area contributed by atoms with Crippen molar-refractivity contribution in [2.45, 2.75) is 24.7 Å². The summed E-state index contributed by atoms with van der Waals surface area (Å²) in [5, 5.41) is 20.9. The number of benzene rings is 3. The van der Waals surface area contributed by atoms with E-state index >= 15 is 0 Å². The lowest BCUT2D eigenvalue weighted by Gasteiger charge is -2.33. The molecular formula is C26H19BrF3N5O4. The molecule has 5 rings (SSSR count). The summed E-state index contributed by atoms with van der Waals surface area (Å²) in [6.45, 7) is 0. The average molecular weight is 602 g/mol. The molecule has 0 saturated heterocycles. The Balaban J connectivity index is 1.42. The first-order chi connectivity index (χ1) is 18.6. The Bertz CT molecular complexity index is 1530. The molecule has 13 heteroatoms. The van der Waals surface area contributed by atoms with Gasteiger partial charge >= 0.3 is 6.18 Å². The summed E-state index contributed by atoms with van der Waals surface area (Å²) in [6.07, 6.45) is -4.94. The van der Waals surface area contributed by atoms with Crippen molar-refractivity contribution in [3.63, 3.8) is 0 Å². The molecule has 0 bridgehead atoms. The van der Waals surface area contributed by atoms with Crippen molar-refractivity contribution < 1.29 is 27.6 Å².